The molecule has 0 spiro atoms. The van der Waals surface area contributed by atoms with E-state index in [9.17, 15) is 8.78 Å². The number of aromatic amines is 1. The Kier molecular flexibility index (Phi) is 2.59. The molecule has 0 aliphatic rings. The molecule has 0 unspecified atom stereocenters. The number of nitrogens with zero attached hydrogens (tertiary/aromatic N) is 1. The third-order valence-electron chi connectivity index (χ3n) is 3.05. The van der Waals surface area contributed by atoms with Gasteiger partial charge in [0.1, 0.15) is 5.82 Å². The van der Waals surface area contributed by atoms with E-state index in [4.69, 9.17) is 0 Å². The van der Waals surface area contributed by atoms with Crippen LogP contribution in [0.4, 0.5) is 8.78 Å². The SMILES string of the molecule is CC(F)(F)c1ccc(-c2nc3ccccc3[nH]2)cc1. The largest absolute Gasteiger partial charge is 0.338 e. The van der Waals surface area contributed by atoms with Crippen LogP contribution in [-0.2, 0) is 5.92 Å². The highest BCUT2D eigenvalue weighted by molar-refractivity contribution is 5.79. The van der Waals surface area contributed by atoms with Gasteiger partial charge in [-0.25, -0.2) is 13.8 Å². The maximum absolute atomic E-state index is 13.1. The van der Waals surface area contributed by atoms with Crippen molar-refractivity contribution in [1.29, 1.82) is 0 Å². The molecule has 0 atom stereocenters. The van der Waals surface area contributed by atoms with Crippen LogP contribution in [0.15, 0.2) is 48.5 Å². The van der Waals surface area contributed by atoms with Gasteiger partial charge in [0.2, 0.25) is 0 Å². The van der Waals surface area contributed by atoms with Crippen LogP contribution >= 0.6 is 0 Å². The smallest absolute Gasteiger partial charge is 0.270 e. The number of imidazole rings is 1. The number of aromatic nitrogens is 2. The molecule has 0 aliphatic carbocycles. The van der Waals surface area contributed by atoms with Crippen molar-refractivity contribution in [2.45, 2.75) is 12.8 Å². The van der Waals surface area contributed by atoms with Gasteiger partial charge in [0, 0.05) is 18.1 Å². The normalized spacial score (nSPS) is 11.9. The average molecular weight is 258 g/mol. The van der Waals surface area contributed by atoms with Gasteiger partial charge in [0.05, 0.1) is 11.0 Å². The zero-order valence-corrected chi connectivity index (χ0v) is 10.3. The summed E-state index contributed by atoms with van der Waals surface area (Å²) in [4.78, 5) is 7.60. The minimum Gasteiger partial charge on any atom is -0.338 e. The van der Waals surface area contributed by atoms with Gasteiger partial charge in [0.15, 0.2) is 0 Å². The van der Waals surface area contributed by atoms with E-state index in [2.05, 4.69) is 9.97 Å². The monoisotopic (exact) mass is 258 g/mol. The number of nitrogens with one attached hydrogen (secondary N) is 1. The molecule has 0 saturated heterocycles. The number of hydrogen-bond donors (Lipinski definition) is 1. The van der Waals surface area contributed by atoms with Gasteiger partial charge in [-0.2, -0.15) is 0 Å². The maximum atomic E-state index is 13.1. The minimum atomic E-state index is -2.81. The van der Waals surface area contributed by atoms with Gasteiger partial charge in [-0.05, 0) is 12.1 Å². The number of H-pyrrole nitrogens is 1. The second kappa shape index (κ2) is 4.16. The Hall–Kier alpha value is -2.23. The minimum absolute atomic E-state index is 0.00682. The van der Waals surface area contributed by atoms with Crippen molar-refractivity contribution >= 4 is 11.0 Å². The zero-order valence-electron chi connectivity index (χ0n) is 10.3. The number of alkyl halides is 2. The van der Waals surface area contributed by atoms with Crippen LogP contribution in [0.25, 0.3) is 22.4 Å². The van der Waals surface area contributed by atoms with Gasteiger partial charge in [-0.3, -0.25) is 0 Å². The van der Waals surface area contributed by atoms with E-state index < -0.39 is 5.92 Å². The zero-order chi connectivity index (χ0) is 13.5. The third kappa shape index (κ3) is 2.21. The van der Waals surface area contributed by atoms with Crippen LogP contribution in [0, 0.1) is 0 Å². The number of hydrogen-bond acceptors (Lipinski definition) is 1. The van der Waals surface area contributed by atoms with E-state index in [0.717, 1.165) is 23.5 Å². The molecule has 96 valence electrons. The lowest BCUT2D eigenvalue weighted by Gasteiger charge is -2.10. The summed E-state index contributed by atoms with van der Waals surface area (Å²) in [5, 5.41) is 0. The molecule has 0 aliphatic heterocycles. The standard InChI is InChI=1S/C15H12F2N2/c1-15(16,17)11-8-6-10(7-9-11)14-18-12-4-2-3-5-13(12)19-14/h2-9H,1H3,(H,18,19). The predicted octanol–water partition coefficient (Wildman–Crippen LogP) is 4.34. The fourth-order valence-corrected chi connectivity index (χ4v) is 2.01. The summed E-state index contributed by atoms with van der Waals surface area (Å²) in [6.45, 7) is 0.892. The van der Waals surface area contributed by atoms with E-state index in [-0.39, 0.29) is 5.56 Å². The van der Waals surface area contributed by atoms with Crippen LogP contribution < -0.4 is 0 Å². The fourth-order valence-electron chi connectivity index (χ4n) is 2.01. The number of para-hydroxylation sites is 2. The number of fused-ring (bicyclic) bond motifs is 1. The van der Waals surface area contributed by atoms with Crippen LogP contribution in [0.3, 0.4) is 0 Å². The Morgan fingerprint density at radius 2 is 1.68 bits per heavy atom. The molecule has 0 bridgehead atoms. The second-order valence-corrected chi connectivity index (χ2v) is 4.57. The molecule has 3 aromatic rings. The maximum Gasteiger partial charge on any atom is 0.270 e. The Labute approximate surface area is 109 Å². The van der Waals surface area contributed by atoms with Crippen LogP contribution in [0.2, 0.25) is 0 Å². The second-order valence-electron chi connectivity index (χ2n) is 4.57. The lowest BCUT2D eigenvalue weighted by molar-refractivity contribution is 0.0175. The lowest BCUT2D eigenvalue weighted by atomic mass is 10.1. The molecular weight excluding hydrogens is 246 g/mol. The predicted molar refractivity (Wildman–Crippen MR) is 71.1 cm³/mol. The number of halogens is 2. The quantitative estimate of drug-likeness (QED) is 0.727. The Morgan fingerprint density at radius 3 is 2.32 bits per heavy atom. The molecule has 0 radical (unpaired) electrons. The molecule has 4 heteroatoms. The molecule has 0 saturated carbocycles. The molecule has 19 heavy (non-hydrogen) atoms. The van der Waals surface area contributed by atoms with E-state index in [0.29, 0.717) is 5.82 Å². The van der Waals surface area contributed by atoms with E-state index in [1.165, 1.54) is 12.1 Å². The third-order valence-corrected chi connectivity index (χ3v) is 3.05. The number of rotatable bonds is 2. The molecular formula is C15H12F2N2. The Morgan fingerprint density at radius 1 is 1.00 bits per heavy atom. The fraction of sp³-hybridized carbons (Fsp3) is 0.133. The molecule has 0 fully saturated rings. The summed E-state index contributed by atoms with van der Waals surface area (Å²) in [5.41, 5.74) is 2.60. The first kappa shape index (κ1) is 11.8. The summed E-state index contributed by atoms with van der Waals surface area (Å²) in [5.74, 6) is -2.13. The molecule has 0 amide bonds. The summed E-state index contributed by atoms with van der Waals surface area (Å²) >= 11 is 0. The Bertz CT molecular complexity index is 676. The topological polar surface area (TPSA) is 28.7 Å². The van der Waals surface area contributed by atoms with Crippen molar-refractivity contribution < 1.29 is 8.78 Å². The first-order valence-corrected chi connectivity index (χ1v) is 5.97. The molecule has 2 nitrogen and oxygen atoms in total. The Balaban J connectivity index is 2.02. The lowest BCUT2D eigenvalue weighted by Crippen LogP contribution is -2.06. The molecule has 1 N–H and O–H groups in total. The highest BCUT2D eigenvalue weighted by atomic mass is 19.3. The van der Waals surface area contributed by atoms with Gasteiger partial charge in [-0.1, -0.05) is 36.4 Å². The molecule has 3 rings (SSSR count). The molecule has 2 aromatic carbocycles. The molecule has 1 aromatic heterocycles. The van der Waals surface area contributed by atoms with E-state index in [1.807, 2.05) is 24.3 Å². The summed E-state index contributed by atoms with van der Waals surface area (Å²) in [6, 6.07) is 13.9. The van der Waals surface area contributed by atoms with E-state index in [1.54, 1.807) is 12.1 Å². The van der Waals surface area contributed by atoms with Gasteiger partial charge in [-0.15, -0.1) is 0 Å². The summed E-state index contributed by atoms with van der Waals surface area (Å²) in [7, 11) is 0. The van der Waals surface area contributed by atoms with Gasteiger partial charge < -0.3 is 4.98 Å². The van der Waals surface area contributed by atoms with E-state index >= 15 is 0 Å². The van der Waals surface area contributed by atoms with Crippen molar-refractivity contribution in [3.63, 3.8) is 0 Å². The highest BCUT2D eigenvalue weighted by Crippen LogP contribution is 2.29. The van der Waals surface area contributed by atoms with Crippen molar-refractivity contribution in [2.24, 2.45) is 0 Å². The van der Waals surface area contributed by atoms with Crippen molar-refractivity contribution in [3.05, 3.63) is 54.1 Å². The van der Waals surface area contributed by atoms with Crippen LogP contribution in [0.5, 0.6) is 0 Å². The number of benzene rings is 2. The average Bonchev–Trinajstić information content (AvgIpc) is 2.81. The van der Waals surface area contributed by atoms with Crippen LogP contribution in [-0.4, -0.2) is 9.97 Å². The first-order valence-electron chi connectivity index (χ1n) is 5.97. The van der Waals surface area contributed by atoms with Crippen molar-refractivity contribution in [3.8, 4) is 11.4 Å². The van der Waals surface area contributed by atoms with Crippen molar-refractivity contribution in [2.75, 3.05) is 0 Å². The van der Waals surface area contributed by atoms with Gasteiger partial charge in [0.25, 0.3) is 5.92 Å². The molecule has 1 heterocycles. The van der Waals surface area contributed by atoms with Gasteiger partial charge >= 0.3 is 0 Å². The van der Waals surface area contributed by atoms with Crippen molar-refractivity contribution in [1.82, 2.24) is 9.97 Å². The first-order chi connectivity index (χ1) is 9.04. The highest BCUT2D eigenvalue weighted by Gasteiger charge is 2.23. The van der Waals surface area contributed by atoms with Crippen LogP contribution in [0.1, 0.15) is 12.5 Å². The summed E-state index contributed by atoms with van der Waals surface area (Å²) in [6.07, 6.45) is 0. The summed E-state index contributed by atoms with van der Waals surface area (Å²) < 4.78 is 26.3.